The molecule has 0 spiro atoms. The molecule has 0 aliphatic heterocycles. The topological polar surface area (TPSA) is 81.6 Å². The molecule has 2 aromatic heterocycles. The van der Waals surface area contributed by atoms with Crippen molar-refractivity contribution >= 4 is 16.9 Å². The third-order valence-electron chi connectivity index (χ3n) is 2.60. The highest BCUT2D eigenvalue weighted by molar-refractivity contribution is 5.75. The molecule has 96 valence electrons. The van der Waals surface area contributed by atoms with Gasteiger partial charge in [-0.05, 0) is 12.1 Å². The maximum atomic E-state index is 13.8. The lowest BCUT2D eigenvalue weighted by molar-refractivity contribution is 0.562. The number of benzene rings is 1. The molecule has 0 bridgehead atoms. The third kappa shape index (κ3) is 1.78. The first kappa shape index (κ1) is 11.5. The summed E-state index contributed by atoms with van der Waals surface area (Å²) < 4.78 is 28.3. The van der Waals surface area contributed by atoms with E-state index in [2.05, 4.69) is 20.7 Å². The van der Waals surface area contributed by atoms with Gasteiger partial charge in [-0.15, -0.1) is 5.10 Å². The van der Waals surface area contributed by atoms with Gasteiger partial charge in [0.1, 0.15) is 5.52 Å². The third-order valence-corrected chi connectivity index (χ3v) is 2.60. The lowest BCUT2D eigenvalue weighted by Gasteiger charge is -2.06. The van der Waals surface area contributed by atoms with Gasteiger partial charge in [-0.1, -0.05) is 17.3 Å². The number of hydrogen-bond acceptors (Lipinski definition) is 5. The van der Waals surface area contributed by atoms with Crippen molar-refractivity contribution in [1.29, 1.82) is 0 Å². The molecule has 0 atom stereocenters. The first-order valence-electron chi connectivity index (χ1n) is 5.34. The number of nitrogen functional groups attached to an aromatic ring is 1. The molecule has 0 amide bonds. The molecule has 3 N–H and O–H groups in total. The zero-order chi connectivity index (χ0) is 13.4. The van der Waals surface area contributed by atoms with Crippen molar-refractivity contribution in [2.45, 2.75) is 0 Å². The maximum Gasteiger partial charge on any atom is 0.194 e. The monoisotopic (exact) mass is 262 g/mol. The van der Waals surface area contributed by atoms with E-state index in [1.807, 2.05) is 0 Å². The Balaban J connectivity index is 2.27. The second-order valence-electron chi connectivity index (χ2n) is 3.76. The highest BCUT2D eigenvalue weighted by atomic mass is 19.1. The van der Waals surface area contributed by atoms with Gasteiger partial charge in [0, 0.05) is 6.07 Å². The molecule has 2 heterocycles. The molecular weight excluding hydrogens is 254 g/mol. The van der Waals surface area contributed by atoms with Crippen LogP contribution in [0.15, 0.2) is 30.3 Å². The zero-order valence-electron chi connectivity index (χ0n) is 9.51. The van der Waals surface area contributed by atoms with E-state index in [0.717, 1.165) is 0 Å². The number of anilines is 1. The van der Waals surface area contributed by atoms with E-state index in [0.29, 0.717) is 17.1 Å². The minimum absolute atomic E-state index is 0.178. The molecule has 0 saturated heterocycles. The molecular formula is C11H8F2N6. The quantitative estimate of drug-likeness (QED) is 0.538. The molecule has 0 aliphatic rings. The average molecular weight is 262 g/mol. The van der Waals surface area contributed by atoms with Crippen molar-refractivity contribution in [2.75, 3.05) is 5.43 Å². The Labute approximate surface area is 105 Å². The van der Waals surface area contributed by atoms with Crippen molar-refractivity contribution in [3.63, 3.8) is 0 Å². The molecule has 19 heavy (non-hydrogen) atoms. The van der Waals surface area contributed by atoms with Crippen molar-refractivity contribution in [3.05, 3.63) is 42.0 Å². The van der Waals surface area contributed by atoms with Crippen LogP contribution in [0.1, 0.15) is 0 Å². The fourth-order valence-electron chi connectivity index (χ4n) is 1.73. The van der Waals surface area contributed by atoms with Crippen LogP contribution < -0.4 is 11.3 Å². The van der Waals surface area contributed by atoms with Gasteiger partial charge in [-0.25, -0.2) is 19.6 Å². The summed E-state index contributed by atoms with van der Waals surface area (Å²) >= 11 is 0. The van der Waals surface area contributed by atoms with Crippen LogP contribution in [0.3, 0.4) is 0 Å². The van der Waals surface area contributed by atoms with Gasteiger partial charge < -0.3 is 5.43 Å². The smallest absolute Gasteiger partial charge is 0.194 e. The fraction of sp³-hybridized carbons (Fsp3) is 0. The number of hydrogen-bond donors (Lipinski definition) is 2. The summed E-state index contributed by atoms with van der Waals surface area (Å²) in [4.78, 5) is 3.76. The number of rotatable bonds is 2. The second kappa shape index (κ2) is 4.25. The van der Waals surface area contributed by atoms with E-state index < -0.39 is 11.6 Å². The molecule has 6 nitrogen and oxygen atoms in total. The summed E-state index contributed by atoms with van der Waals surface area (Å²) in [7, 11) is 0. The van der Waals surface area contributed by atoms with Crippen LogP contribution in [0.5, 0.6) is 0 Å². The van der Waals surface area contributed by atoms with Crippen LogP contribution >= 0.6 is 0 Å². The lowest BCUT2D eigenvalue weighted by Crippen LogP contribution is -2.14. The van der Waals surface area contributed by atoms with Gasteiger partial charge in [-0.3, -0.25) is 0 Å². The van der Waals surface area contributed by atoms with Gasteiger partial charge in [0.15, 0.2) is 23.3 Å². The van der Waals surface area contributed by atoms with Gasteiger partial charge in [-0.2, -0.15) is 4.68 Å². The predicted molar refractivity (Wildman–Crippen MR) is 64.4 cm³/mol. The highest BCUT2D eigenvalue weighted by Crippen LogP contribution is 2.20. The Hall–Kier alpha value is -2.61. The molecule has 0 fully saturated rings. The van der Waals surface area contributed by atoms with E-state index >= 15 is 0 Å². The van der Waals surface area contributed by atoms with E-state index in [9.17, 15) is 8.78 Å². The molecule has 8 heteroatoms. The summed E-state index contributed by atoms with van der Waals surface area (Å²) in [6.07, 6.45) is 0. The minimum atomic E-state index is -0.881. The molecule has 0 radical (unpaired) electrons. The maximum absolute atomic E-state index is 13.8. The molecule has 0 unspecified atom stereocenters. The van der Waals surface area contributed by atoms with Gasteiger partial charge in [0.2, 0.25) is 0 Å². The first-order valence-corrected chi connectivity index (χ1v) is 5.34. The van der Waals surface area contributed by atoms with Gasteiger partial charge in [0.05, 0.1) is 5.52 Å². The number of pyridine rings is 1. The Kier molecular flexibility index (Phi) is 2.57. The predicted octanol–water partition coefficient (Wildman–Crippen LogP) is 1.38. The Morgan fingerprint density at radius 1 is 1.16 bits per heavy atom. The second-order valence-corrected chi connectivity index (χ2v) is 3.76. The standard InChI is InChI=1S/C11H8F2N6/c12-6-5-7(13)11(15-10(6)16-14)19-9-4-2-1-3-8(9)17-18-19/h1-5H,14H2,(H,15,16). The summed E-state index contributed by atoms with van der Waals surface area (Å²) in [5.74, 6) is 2.93. The molecule has 1 aromatic carbocycles. The van der Waals surface area contributed by atoms with E-state index in [4.69, 9.17) is 5.84 Å². The van der Waals surface area contributed by atoms with E-state index in [-0.39, 0.29) is 11.6 Å². The number of nitrogens with one attached hydrogen (secondary N) is 1. The van der Waals surface area contributed by atoms with E-state index in [1.165, 1.54) is 4.68 Å². The summed E-state index contributed by atoms with van der Waals surface area (Å²) in [5.41, 5.74) is 3.20. The number of nitrogens with zero attached hydrogens (tertiary/aromatic N) is 4. The van der Waals surface area contributed by atoms with Crippen LogP contribution in [0.2, 0.25) is 0 Å². The van der Waals surface area contributed by atoms with Gasteiger partial charge >= 0.3 is 0 Å². The number of halogens is 2. The average Bonchev–Trinajstić information content (AvgIpc) is 2.83. The summed E-state index contributed by atoms with van der Waals surface area (Å²) in [6.45, 7) is 0. The lowest BCUT2D eigenvalue weighted by atomic mass is 10.3. The van der Waals surface area contributed by atoms with E-state index in [1.54, 1.807) is 24.3 Å². The summed E-state index contributed by atoms with van der Waals surface area (Å²) in [5, 5.41) is 7.68. The van der Waals surface area contributed by atoms with Crippen LogP contribution in [0, 0.1) is 11.6 Å². The van der Waals surface area contributed by atoms with Crippen LogP contribution in [-0.2, 0) is 0 Å². The summed E-state index contributed by atoms with van der Waals surface area (Å²) in [6, 6.07) is 7.65. The van der Waals surface area contributed by atoms with Gasteiger partial charge in [0.25, 0.3) is 0 Å². The largest absolute Gasteiger partial charge is 0.306 e. The number of nitrogens with two attached hydrogens (primary N) is 1. The molecule has 0 saturated carbocycles. The molecule has 3 rings (SSSR count). The number of hydrazine groups is 1. The Bertz CT molecular complexity index is 754. The van der Waals surface area contributed by atoms with Crippen molar-refractivity contribution in [3.8, 4) is 5.82 Å². The van der Waals surface area contributed by atoms with Crippen molar-refractivity contribution in [1.82, 2.24) is 20.0 Å². The van der Waals surface area contributed by atoms with Crippen molar-refractivity contribution < 1.29 is 8.78 Å². The minimum Gasteiger partial charge on any atom is -0.306 e. The molecule has 0 aliphatic carbocycles. The Morgan fingerprint density at radius 3 is 2.74 bits per heavy atom. The number of fused-ring (bicyclic) bond motifs is 1. The van der Waals surface area contributed by atoms with Crippen LogP contribution in [0.4, 0.5) is 14.6 Å². The fourth-order valence-corrected chi connectivity index (χ4v) is 1.73. The van der Waals surface area contributed by atoms with Crippen LogP contribution in [0.25, 0.3) is 16.9 Å². The normalized spacial score (nSPS) is 10.9. The number of aromatic nitrogens is 4. The molecule has 3 aromatic rings. The van der Waals surface area contributed by atoms with Crippen LogP contribution in [-0.4, -0.2) is 20.0 Å². The Morgan fingerprint density at radius 2 is 1.95 bits per heavy atom. The SMILES string of the molecule is NNc1nc(-n2nnc3ccccc32)c(F)cc1F. The first-order chi connectivity index (χ1) is 9.20. The highest BCUT2D eigenvalue weighted by Gasteiger charge is 2.16. The zero-order valence-corrected chi connectivity index (χ0v) is 9.51. The number of para-hydroxylation sites is 1. The van der Waals surface area contributed by atoms with Crippen molar-refractivity contribution in [2.24, 2.45) is 5.84 Å².